The second kappa shape index (κ2) is 6.11. The monoisotopic (exact) mass is 290 g/mol. The second-order valence-corrected chi connectivity index (χ2v) is 5.83. The van der Waals surface area contributed by atoms with E-state index in [4.69, 9.17) is 0 Å². The molecule has 1 aromatic rings. The van der Waals surface area contributed by atoms with Crippen LogP contribution in [0.4, 0.5) is 11.5 Å². The highest BCUT2D eigenvalue weighted by Crippen LogP contribution is 2.22. The van der Waals surface area contributed by atoms with E-state index in [2.05, 4.69) is 10.3 Å². The maximum atomic E-state index is 12.2. The third kappa shape index (κ3) is 3.51. The van der Waals surface area contributed by atoms with Gasteiger partial charge in [0.25, 0.3) is 0 Å². The number of rotatable bonds is 4. The molecule has 114 valence electrons. The predicted molar refractivity (Wildman–Crippen MR) is 82.1 cm³/mol. The summed E-state index contributed by atoms with van der Waals surface area (Å²) in [6.07, 6.45) is 1.91. The Kier molecular flexibility index (Phi) is 4.45. The van der Waals surface area contributed by atoms with E-state index in [-0.39, 0.29) is 30.2 Å². The quantitative estimate of drug-likeness (QED) is 0.909. The number of likely N-dealkylation sites (tertiary alicyclic amines) is 1. The van der Waals surface area contributed by atoms with Crippen LogP contribution in [0.3, 0.4) is 0 Å². The van der Waals surface area contributed by atoms with Crippen LogP contribution in [0.25, 0.3) is 0 Å². The molecule has 1 aliphatic heterocycles. The summed E-state index contributed by atoms with van der Waals surface area (Å²) in [7, 11) is 3.82. The van der Waals surface area contributed by atoms with Crippen LogP contribution in [-0.4, -0.2) is 48.4 Å². The molecule has 0 bridgehead atoms. The molecule has 0 saturated carbocycles. The van der Waals surface area contributed by atoms with E-state index >= 15 is 0 Å². The summed E-state index contributed by atoms with van der Waals surface area (Å²) in [5, 5.41) is 2.83. The fourth-order valence-electron chi connectivity index (χ4n) is 2.38. The van der Waals surface area contributed by atoms with Crippen molar-refractivity contribution in [3.8, 4) is 0 Å². The van der Waals surface area contributed by atoms with Gasteiger partial charge in [-0.05, 0) is 26.0 Å². The number of pyridine rings is 1. The van der Waals surface area contributed by atoms with Crippen molar-refractivity contribution in [2.45, 2.75) is 26.3 Å². The lowest BCUT2D eigenvalue weighted by atomic mass is 10.1. The van der Waals surface area contributed by atoms with E-state index in [1.54, 1.807) is 11.1 Å². The van der Waals surface area contributed by atoms with Gasteiger partial charge in [-0.3, -0.25) is 9.59 Å². The van der Waals surface area contributed by atoms with Crippen LogP contribution in [-0.2, 0) is 9.59 Å². The van der Waals surface area contributed by atoms with Gasteiger partial charge in [0.15, 0.2) is 0 Å². The number of nitrogens with zero attached hydrogens (tertiary/aromatic N) is 3. The van der Waals surface area contributed by atoms with E-state index in [0.717, 1.165) is 5.82 Å². The van der Waals surface area contributed by atoms with Crippen LogP contribution in [0.5, 0.6) is 0 Å². The average molecular weight is 290 g/mol. The van der Waals surface area contributed by atoms with Gasteiger partial charge in [-0.25, -0.2) is 4.98 Å². The fraction of sp³-hybridized carbons (Fsp3) is 0.533. The Labute approximate surface area is 125 Å². The third-order valence-electron chi connectivity index (χ3n) is 3.63. The lowest BCUT2D eigenvalue weighted by molar-refractivity contribution is -0.129. The topological polar surface area (TPSA) is 65.5 Å². The minimum Gasteiger partial charge on any atom is -0.363 e. The van der Waals surface area contributed by atoms with E-state index in [1.807, 2.05) is 45.0 Å². The second-order valence-electron chi connectivity index (χ2n) is 5.83. The molecule has 0 unspecified atom stereocenters. The van der Waals surface area contributed by atoms with Gasteiger partial charge < -0.3 is 15.1 Å². The molecule has 6 heteroatoms. The van der Waals surface area contributed by atoms with E-state index in [9.17, 15) is 9.59 Å². The first-order valence-electron chi connectivity index (χ1n) is 7.12. The zero-order valence-corrected chi connectivity index (χ0v) is 13.0. The largest absolute Gasteiger partial charge is 0.363 e. The molecule has 6 nitrogen and oxygen atoms in total. The number of carbonyl (C=O) groups is 2. The van der Waals surface area contributed by atoms with Crippen molar-refractivity contribution < 1.29 is 9.59 Å². The molecule has 1 aliphatic rings. The van der Waals surface area contributed by atoms with Gasteiger partial charge in [-0.2, -0.15) is 0 Å². The molecule has 2 rings (SSSR count). The number of carbonyl (C=O) groups excluding carboxylic acids is 2. The molecule has 1 saturated heterocycles. The predicted octanol–water partition coefficient (Wildman–Crippen LogP) is 1.34. The number of anilines is 2. The normalized spacial score (nSPS) is 18.2. The maximum Gasteiger partial charge on any atom is 0.229 e. The van der Waals surface area contributed by atoms with Crippen molar-refractivity contribution >= 4 is 23.3 Å². The maximum absolute atomic E-state index is 12.2. The van der Waals surface area contributed by atoms with Crippen molar-refractivity contribution in [2.75, 3.05) is 30.9 Å². The Bertz CT molecular complexity index is 525. The summed E-state index contributed by atoms with van der Waals surface area (Å²) in [4.78, 5) is 31.9. The summed E-state index contributed by atoms with van der Waals surface area (Å²) >= 11 is 0. The molecule has 1 aromatic heterocycles. The molecule has 0 aromatic carbocycles. The van der Waals surface area contributed by atoms with E-state index < -0.39 is 0 Å². The van der Waals surface area contributed by atoms with Gasteiger partial charge in [0.1, 0.15) is 5.82 Å². The molecule has 2 amide bonds. The molecule has 1 N–H and O–H groups in total. The van der Waals surface area contributed by atoms with Crippen molar-refractivity contribution in [1.29, 1.82) is 0 Å². The molecule has 1 atom stereocenters. The molecular weight excluding hydrogens is 268 g/mol. The van der Waals surface area contributed by atoms with Crippen LogP contribution in [0.2, 0.25) is 0 Å². The first-order valence-corrected chi connectivity index (χ1v) is 7.12. The standard InChI is InChI=1S/C15H22N4O2/c1-10(2)19-9-11(7-14(19)20)15(21)17-12-5-6-13(16-8-12)18(3)4/h5-6,8,10-11H,7,9H2,1-4H3,(H,17,21)/t11-/m1/s1. The Balaban J connectivity index is 1.97. The highest BCUT2D eigenvalue weighted by molar-refractivity contribution is 5.97. The lowest BCUT2D eigenvalue weighted by Gasteiger charge is -2.20. The molecule has 0 spiro atoms. The fourth-order valence-corrected chi connectivity index (χ4v) is 2.38. The highest BCUT2D eigenvalue weighted by Gasteiger charge is 2.35. The van der Waals surface area contributed by atoms with Crippen molar-refractivity contribution in [2.24, 2.45) is 5.92 Å². The van der Waals surface area contributed by atoms with Crippen LogP contribution >= 0.6 is 0 Å². The summed E-state index contributed by atoms with van der Waals surface area (Å²) in [6.45, 7) is 4.41. The van der Waals surface area contributed by atoms with Crippen molar-refractivity contribution in [3.05, 3.63) is 18.3 Å². The third-order valence-corrected chi connectivity index (χ3v) is 3.63. The Morgan fingerprint density at radius 3 is 2.62 bits per heavy atom. The zero-order chi connectivity index (χ0) is 15.6. The summed E-state index contributed by atoms with van der Waals surface area (Å²) in [5.74, 6) is 0.473. The molecule has 21 heavy (non-hydrogen) atoms. The minimum absolute atomic E-state index is 0.0474. The molecular formula is C15H22N4O2. The number of hydrogen-bond acceptors (Lipinski definition) is 4. The Morgan fingerprint density at radius 2 is 2.14 bits per heavy atom. The smallest absolute Gasteiger partial charge is 0.229 e. The lowest BCUT2D eigenvalue weighted by Crippen LogP contribution is -2.33. The van der Waals surface area contributed by atoms with E-state index in [0.29, 0.717) is 12.2 Å². The SMILES string of the molecule is CC(C)N1C[C@H](C(=O)Nc2ccc(N(C)C)nc2)CC1=O. The molecule has 2 heterocycles. The van der Waals surface area contributed by atoms with Gasteiger partial charge in [-0.1, -0.05) is 0 Å². The van der Waals surface area contributed by atoms with Gasteiger partial charge in [0.05, 0.1) is 17.8 Å². The molecule has 0 aliphatic carbocycles. The van der Waals surface area contributed by atoms with Crippen molar-refractivity contribution in [1.82, 2.24) is 9.88 Å². The number of hydrogen-bond donors (Lipinski definition) is 1. The zero-order valence-electron chi connectivity index (χ0n) is 13.0. The van der Waals surface area contributed by atoms with Gasteiger partial charge in [-0.15, -0.1) is 0 Å². The number of nitrogens with one attached hydrogen (secondary N) is 1. The molecule has 0 radical (unpaired) electrons. The highest BCUT2D eigenvalue weighted by atomic mass is 16.2. The first kappa shape index (κ1) is 15.3. The number of aromatic nitrogens is 1. The summed E-state index contributed by atoms with van der Waals surface area (Å²) < 4.78 is 0. The average Bonchev–Trinajstić information content (AvgIpc) is 2.81. The van der Waals surface area contributed by atoms with Gasteiger partial charge in [0.2, 0.25) is 11.8 Å². The van der Waals surface area contributed by atoms with Crippen LogP contribution < -0.4 is 10.2 Å². The van der Waals surface area contributed by atoms with Crippen LogP contribution in [0.15, 0.2) is 18.3 Å². The minimum atomic E-state index is -0.284. The van der Waals surface area contributed by atoms with Gasteiger partial charge in [0, 0.05) is 33.1 Å². The summed E-state index contributed by atoms with van der Waals surface area (Å²) in [6, 6.07) is 3.80. The molecule has 1 fully saturated rings. The summed E-state index contributed by atoms with van der Waals surface area (Å²) in [5.41, 5.74) is 0.654. The Morgan fingerprint density at radius 1 is 1.43 bits per heavy atom. The number of amides is 2. The van der Waals surface area contributed by atoms with E-state index in [1.165, 1.54) is 0 Å². The van der Waals surface area contributed by atoms with Gasteiger partial charge >= 0.3 is 0 Å². The Hall–Kier alpha value is -2.11. The van der Waals surface area contributed by atoms with Crippen molar-refractivity contribution in [3.63, 3.8) is 0 Å². The van der Waals surface area contributed by atoms with Crippen LogP contribution in [0, 0.1) is 5.92 Å². The first-order chi connectivity index (χ1) is 9.88. The van der Waals surface area contributed by atoms with Crippen LogP contribution in [0.1, 0.15) is 20.3 Å².